The number of esters is 2. The van der Waals surface area contributed by atoms with E-state index in [9.17, 15) is 9.59 Å². The van der Waals surface area contributed by atoms with Gasteiger partial charge in [0.1, 0.15) is 12.7 Å². The summed E-state index contributed by atoms with van der Waals surface area (Å²) in [5, 5.41) is 9.05. The van der Waals surface area contributed by atoms with Crippen LogP contribution in [0.2, 0.25) is 0 Å². The molecule has 0 aliphatic rings. The van der Waals surface area contributed by atoms with Gasteiger partial charge in [-0.15, -0.1) is 0 Å². The predicted molar refractivity (Wildman–Crippen MR) is 94.4 cm³/mol. The summed E-state index contributed by atoms with van der Waals surface area (Å²) in [6.07, 6.45) is 7.73. The zero-order chi connectivity index (χ0) is 18.5. The van der Waals surface area contributed by atoms with Gasteiger partial charge in [0.2, 0.25) is 0 Å². The van der Waals surface area contributed by atoms with Gasteiger partial charge in [-0.1, -0.05) is 23.3 Å². The Balaban J connectivity index is 4.60. The third-order valence-corrected chi connectivity index (χ3v) is 3.47. The number of carbonyl (C=O) groups excluding carboxylic acids is 2. The number of hydrogen-bond acceptors (Lipinski definition) is 5. The molecular weight excluding hydrogens is 308 g/mol. The van der Waals surface area contributed by atoms with E-state index in [0.29, 0.717) is 13.0 Å². The molecule has 0 aromatic carbocycles. The summed E-state index contributed by atoms with van der Waals surface area (Å²) in [6.45, 7) is 8.84. The van der Waals surface area contributed by atoms with Crippen LogP contribution in [-0.2, 0) is 19.1 Å². The molecule has 0 saturated heterocycles. The van der Waals surface area contributed by atoms with Crippen LogP contribution in [-0.4, -0.2) is 36.4 Å². The maximum Gasteiger partial charge on any atom is 0.303 e. The van der Waals surface area contributed by atoms with Crippen LogP contribution in [0.3, 0.4) is 0 Å². The lowest BCUT2D eigenvalue weighted by Gasteiger charge is -2.17. The number of carbonyl (C=O) groups is 2. The van der Waals surface area contributed by atoms with Crippen LogP contribution in [0.15, 0.2) is 34.9 Å². The lowest BCUT2D eigenvalue weighted by atomic mass is 10.0. The van der Waals surface area contributed by atoms with Crippen LogP contribution in [0.25, 0.3) is 0 Å². The van der Waals surface area contributed by atoms with E-state index in [2.05, 4.69) is 6.08 Å². The van der Waals surface area contributed by atoms with Crippen LogP contribution in [0.1, 0.15) is 53.9 Å². The minimum Gasteiger partial charge on any atom is -0.462 e. The molecule has 0 rings (SSSR count). The van der Waals surface area contributed by atoms with E-state index in [1.54, 1.807) is 0 Å². The Morgan fingerprint density at radius 1 is 0.958 bits per heavy atom. The summed E-state index contributed by atoms with van der Waals surface area (Å²) in [5.74, 6) is -0.606. The summed E-state index contributed by atoms with van der Waals surface area (Å²) in [5.41, 5.74) is 2.98. The highest BCUT2D eigenvalue weighted by Gasteiger charge is 2.12. The zero-order valence-electron chi connectivity index (χ0n) is 15.4. The van der Waals surface area contributed by atoms with Gasteiger partial charge in [0.25, 0.3) is 0 Å². The maximum atomic E-state index is 11.3. The smallest absolute Gasteiger partial charge is 0.303 e. The Labute approximate surface area is 145 Å². The molecule has 0 aliphatic carbocycles. The fourth-order valence-electron chi connectivity index (χ4n) is 1.96. The van der Waals surface area contributed by atoms with E-state index in [-0.39, 0.29) is 24.6 Å². The first-order chi connectivity index (χ1) is 11.3. The number of aliphatic hydroxyl groups is 1. The zero-order valence-corrected chi connectivity index (χ0v) is 15.4. The third kappa shape index (κ3) is 11.7. The number of allylic oxidation sites excluding steroid dienone is 2. The molecule has 1 unspecified atom stereocenters. The van der Waals surface area contributed by atoms with Crippen molar-refractivity contribution < 1.29 is 24.2 Å². The molecule has 0 heterocycles. The Hall–Kier alpha value is -1.88. The molecule has 24 heavy (non-hydrogen) atoms. The number of ether oxygens (including phenoxy) is 2. The molecule has 5 nitrogen and oxygen atoms in total. The summed E-state index contributed by atoms with van der Waals surface area (Å²) in [7, 11) is 0. The third-order valence-electron chi connectivity index (χ3n) is 3.47. The molecule has 0 aromatic heterocycles. The summed E-state index contributed by atoms with van der Waals surface area (Å²) in [6, 6.07) is 0. The standard InChI is InChI=1S/C19H30O5/c1-14(11-12-23-17(4)21)7-6-8-16(3)19(24-18(5)22)10-9-15(2)13-20/h8-9,11,19-20H,6-7,10,12-13H2,1-5H3. The van der Waals surface area contributed by atoms with Gasteiger partial charge in [-0.25, -0.2) is 0 Å². The molecule has 1 atom stereocenters. The minimum atomic E-state index is -0.319. The highest BCUT2D eigenvalue weighted by atomic mass is 16.5. The second-order valence-electron chi connectivity index (χ2n) is 5.88. The second kappa shape index (κ2) is 12.5. The molecule has 0 spiro atoms. The van der Waals surface area contributed by atoms with Crippen LogP contribution < -0.4 is 0 Å². The lowest BCUT2D eigenvalue weighted by molar-refractivity contribution is -0.144. The maximum absolute atomic E-state index is 11.3. The van der Waals surface area contributed by atoms with Crippen molar-refractivity contribution in [3.63, 3.8) is 0 Å². The Kier molecular flexibility index (Phi) is 11.5. The fourth-order valence-corrected chi connectivity index (χ4v) is 1.96. The Morgan fingerprint density at radius 3 is 2.17 bits per heavy atom. The van der Waals surface area contributed by atoms with Gasteiger partial charge in [0, 0.05) is 20.3 Å². The normalized spacial score (nSPS) is 14.3. The van der Waals surface area contributed by atoms with Gasteiger partial charge in [-0.2, -0.15) is 0 Å². The monoisotopic (exact) mass is 338 g/mol. The van der Waals surface area contributed by atoms with Crippen molar-refractivity contribution in [1.29, 1.82) is 0 Å². The van der Waals surface area contributed by atoms with E-state index in [1.165, 1.54) is 13.8 Å². The molecule has 0 fully saturated rings. The highest BCUT2D eigenvalue weighted by molar-refractivity contribution is 5.66. The van der Waals surface area contributed by atoms with Crippen LogP contribution in [0, 0.1) is 0 Å². The van der Waals surface area contributed by atoms with E-state index in [0.717, 1.165) is 29.6 Å². The van der Waals surface area contributed by atoms with E-state index in [1.807, 2.05) is 32.9 Å². The van der Waals surface area contributed by atoms with Gasteiger partial charge in [-0.05, 0) is 45.3 Å². The summed E-state index contributed by atoms with van der Waals surface area (Å²) < 4.78 is 10.2. The van der Waals surface area contributed by atoms with Gasteiger partial charge in [-0.3, -0.25) is 9.59 Å². The molecule has 0 saturated carbocycles. The minimum absolute atomic E-state index is 0.00186. The molecule has 1 N–H and O–H groups in total. The Bertz CT molecular complexity index is 500. The largest absolute Gasteiger partial charge is 0.462 e. The first-order valence-corrected chi connectivity index (χ1v) is 8.15. The summed E-state index contributed by atoms with van der Waals surface area (Å²) in [4.78, 5) is 22.0. The summed E-state index contributed by atoms with van der Waals surface area (Å²) >= 11 is 0. The fraction of sp³-hybridized carbons (Fsp3) is 0.579. The molecule has 0 aliphatic heterocycles. The SMILES string of the molecule is CC(=O)OCC=C(C)CCC=C(C)C(CC=C(C)CO)OC(C)=O. The predicted octanol–water partition coefficient (Wildman–Crippen LogP) is 3.48. The van der Waals surface area contributed by atoms with Crippen molar-refractivity contribution in [1.82, 2.24) is 0 Å². The van der Waals surface area contributed by atoms with Crippen molar-refractivity contribution >= 4 is 11.9 Å². The van der Waals surface area contributed by atoms with Crippen LogP contribution in [0.5, 0.6) is 0 Å². The first kappa shape index (κ1) is 22.1. The molecular formula is C19H30O5. The first-order valence-electron chi connectivity index (χ1n) is 8.15. The van der Waals surface area contributed by atoms with Crippen molar-refractivity contribution in [2.45, 2.75) is 60.0 Å². The van der Waals surface area contributed by atoms with Crippen molar-refractivity contribution in [2.24, 2.45) is 0 Å². The molecule has 0 amide bonds. The van der Waals surface area contributed by atoms with Crippen LogP contribution >= 0.6 is 0 Å². The lowest BCUT2D eigenvalue weighted by Crippen LogP contribution is -2.17. The Morgan fingerprint density at radius 2 is 1.62 bits per heavy atom. The second-order valence-corrected chi connectivity index (χ2v) is 5.88. The quantitative estimate of drug-likeness (QED) is 0.488. The van der Waals surface area contributed by atoms with E-state index < -0.39 is 0 Å². The van der Waals surface area contributed by atoms with Gasteiger partial charge in [0.05, 0.1) is 6.61 Å². The van der Waals surface area contributed by atoms with Crippen molar-refractivity contribution in [2.75, 3.05) is 13.2 Å². The average Bonchev–Trinajstić information content (AvgIpc) is 2.50. The van der Waals surface area contributed by atoms with E-state index in [4.69, 9.17) is 14.6 Å². The van der Waals surface area contributed by atoms with Gasteiger partial charge >= 0.3 is 11.9 Å². The molecule has 0 radical (unpaired) electrons. The van der Waals surface area contributed by atoms with Gasteiger partial charge in [0.15, 0.2) is 0 Å². The van der Waals surface area contributed by atoms with Crippen LogP contribution in [0.4, 0.5) is 0 Å². The highest BCUT2D eigenvalue weighted by Crippen LogP contribution is 2.16. The topological polar surface area (TPSA) is 72.8 Å². The number of hydrogen-bond donors (Lipinski definition) is 1. The van der Waals surface area contributed by atoms with E-state index >= 15 is 0 Å². The van der Waals surface area contributed by atoms with Crippen molar-refractivity contribution in [3.8, 4) is 0 Å². The molecule has 136 valence electrons. The average molecular weight is 338 g/mol. The van der Waals surface area contributed by atoms with Gasteiger partial charge < -0.3 is 14.6 Å². The molecule has 0 bridgehead atoms. The number of rotatable bonds is 10. The molecule has 0 aromatic rings. The number of aliphatic hydroxyl groups excluding tert-OH is 1. The van der Waals surface area contributed by atoms with Crippen molar-refractivity contribution in [3.05, 3.63) is 34.9 Å². The molecule has 5 heteroatoms.